The minimum atomic E-state index is -0.495. The second-order valence-electron chi connectivity index (χ2n) is 6.38. The highest BCUT2D eigenvalue weighted by Crippen LogP contribution is 2.31. The third-order valence-corrected chi connectivity index (χ3v) is 5.00. The molecule has 0 saturated heterocycles. The van der Waals surface area contributed by atoms with Crippen molar-refractivity contribution >= 4 is 16.8 Å². The van der Waals surface area contributed by atoms with Gasteiger partial charge in [0.05, 0.1) is 5.52 Å². The third kappa shape index (κ3) is 3.14. The van der Waals surface area contributed by atoms with Crippen LogP contribution in [0.3, 0.4) is 0 Å². The molecule has 0 fully saturated rings. The zero-order valence-electron chi connectivity index (χ0n) is 14.8. The summed E-state index contributed by atoms with van der Waals surface area (Å²) in [6.45, 7) is 8.08. The molecule has 25 heavy (non-hydrogen) atoms. The molecule has 6 nitrogen and oxygen atoms in total. The smallest absolute Gasteiger partial charge is 0.267 e. The second-order valence-corrected chi connectivity index (χ2v) is 6.38. The molecule has 0 saturated carbocycles. The normalized spacial score (nSPS) is 12.9. The van der Waals surface area contributed by atoms with Crippen LogP contribution in [0.5, 0.6) is 5.75 Å². The number of hydrogen-bond acceptors (Lipinski definition) is 4. The average Bonchev–Trinajstić information content (AvgIpc) is 3.05. The Bertz CT molecular complexity index is 853. The molecule has 0 unspecified atom stereocenters. The number of para-hydroxylation sites is 1. The average molecular weight is 343 g/mol. The Labute approximate surface area is 147 Å². The summed E-state index contributed by atoms with van der Waals surface area (Å²) in [5.74, 6) is -0.703. The number of aromatic hydroxyl groups is 1. The van der Waals surface area contributed by atoms with Crippen molar-refractivity contribution in [2.45, 2.75) is 33.2 Å². The highest BCUT2D eigenvalue weighted by atomic mass is 16.3. The maximum absolute atomic E-state index is 12.7. The van der Waals surface area contributed by atoms with E-state index in [4.69, 9.17) is 0 Å². The lowest BCUT2D eigenvalue weighted by molar-refractivity contribution is 0.0947. The van der Waals surface area contributed by atoms with Gasteiger partial charge in [-0.05, 0) is 44.1 Å². The van der Waals surface area contributed by atoms with Crippen molar-refractivity contribution in [1.82, 2.24) is 14.8 Å². The number of amides is 1. The molecule has 0 radical (unpaired) electrons. The molecule has 0 atom stereocenters. The van der Waals surface area contributed by atoms with E-state index in [9.17, 15) is 14.7 Å². The van der Waals surface area contributed by atoms with Crippen LogP contribution in [0.25, 0.3) is 10.9 Å². The van der Waals surface area contributed by atoms with Gasteiger partial charge < -0.3 is 19.9 Å². The molecule has 2 heterocycles. The fourth-order valence-electron chi connectivity index (χ4n) is 3.56. The lowest BCUT2D eigenvalue weighted by Gasteiger charge is -2.17. The van der Waals surface area contributed by atoms with Gasteiger partial charge in [0.1, 0.15) is 11.3 Å². The van der Waals surface area contributed by atoms with Crippen molar-refractivity contribution in [3.05, 3.63) is 39.7 Å². The van der Waals surface area contributed by atoms with Crippen molar-refractivity contribution in [3.63, 3.8) is 0 Å². The highest BCUT2D eigenvalue weighted by Gasteiger charge is 2.25. The Morgan fingerprint density at radius 1 is 1.32 bits per heavy atom. The minimum absolute atomic E-state index is 0.144. The molecule has 134 valence electrons. The maximum Gasteiger partial charge on any atom is 0.267 e. The van der Waals surface area contributed by atoms with Gasteiger partial charge in [-0.25, -0.2) is 0 Å². The number of carbonyl (C=O) groups is 1. The molecular formula is C19H25N3O3. The van der Waals surface area contributed by atoms with E-state index in [1.54, 1.807) is 10.6 Å². The van der Waals surface area contributed by atoms with Crippen LogP contribution in [0.4, 0.5) is 0 Å². The zero-order valence-corrected chi connectivity index (χ0v) is 14.8. The van der Waals surface area contributed by atoms with Crippen LogP contribution in [-0.2, 0) is 13.0 Å². The van der Waals surface area contributed by atoms with E-state index in [0.717, 1.165) is 43.6 Å². The van der Waals surface area contributed by atoms with Crippen molar-refractivity contribution < 1.29 is 9.90 Å². The molecule has 1 amide bonds. The van der Waals surface area contributed by atoms with Crippen LogP contribution in [0.15, 0.2) is 23.0 Å². The number of carbonyl (C=O) groups excluding carboxylic acids is 1. The van der Waals surface area contributed by atoms with E-state index in [0.29, 0.717) is 18.5 Å². The Balaban J connectivity index is 1.80. The fourth-order valence-corrected chi connectivity index (χ4v) is 3.56. The van der Waals surface area contributed by atoms with Crippen molar-refractivity contribution in [2.24, 2.45) is 0 Å². The third-order valence-electron chi connectivity index (χ3n) is 5.00. The molecular weight excluding hydrogens is 318 g/mol. The van der Waals surface area contributed by atoms with Crippen LogP contribution in [-0.4, -0.2) is 46.7 Å². The number of pyridine rings is 1. The quantitative estimate of drug-likeness (QED) is 0.751. The van der Waals surface area contributed by atoms with Gasteiger partial charge >= 0.3 is 0 Å². The van der Waals surface area contributed by atoms with Crippen LogP contribution in [0, 0.1) is 0 Å². The number of benzene rings is 1. The first-order valence-corrected chi connectivity index (χ1v) is 8.96. The molecule has 2 aromatic rings. The van der Waals surface area contributed by atoms with E-state index in [-0.39, 0.29) is 11.3 Å². The minimum Gasteiger partial charge on any atom is -0.506 e. The molecule has 0 spiro atoms. The van der Waals surface area contributed by atoms with Gasteiger partial charge in [-0.15, -0.1) is 0 Å². The van der Waals surface area contributed by atoms with Gasteiger partial charge in [-0.3, -0.25) is 9.59 Å². The SMILES string of the molecule is CCN(CC)CCCNC(=O)c1c(O)c2cccc3c2n(c1=O)CC3. The molecule has 0 bridgehead atoms. The van der Waals surface area contributed by atoms with E-state index in [1.807, 2.05) is 12.1 Å². The van der Waals surface area contributed by atoms with Gasteiger partial charge in [0.2, 0.25) is 0 Å². The van der Waals surface area contributed by atoms with Gasteiger partial charge in [-0.1, -0.05) is 26.0 Å². The Kier molecular flexibility index (Phi) is 5.08. The molecule has 3 rings (SSSR count). The molecule has 0 aliphatic carbocycles. The molecule has 1 aliphatic rings. The van der Waals surface area contributed by atoms with Crippen LogP contribution in [0.1, 0.15) is 36.2 Å². The summed E-state index contributed by atoms with van der Waals surface area (Å²) < 4.78 is 1.61. The van der Waals surface area contributed by atoms with E-state index in [1.165, 1.54) is 0 Å². The lowest BCUT2D eigenvalue weighted by Crippen LogP contribution is -2.34. The standard InChI is InChI=1S/C19H25N3O3/c1-3-21(4-2)11-6-10-20-18(24)15-17(23)14-8-5-7-13-9-12-22(16(13)14)19(15)25/h5,7-8,23H,3-4,6,9-12H2,1-2H3,(H,20,24). The van der Waals surface area contributed by atoms with Crippen molar-refractivity contribution in [2.75, 3.05) is 26.2 Å². The number of rotatable bonds is 7. The first kappa shape index (κ1) is 17.5. The molecule has 1 aliphatic heterocycles. The maximum atomic E-state index is 12.7. The predicted octanol–water partition coefficient (Wildman–Crippen LogP) is 1.72. The van der Waals surface area contributed by atoms with Gasteiger partial charge in [-0.2, -0.15) is 0 Å². The van der Waals surface area contributed by atoms with E-state index < -0.39 is 11.5 Å². The van der Waals surface area contributed by atoms with E-state index >= 15 is 0 Å². The summed E-state index contributed by atoms with van der Waals surface area (Å²) in [5, 5.41) is 13.9. The van der Waals surface area contributed by atoms with Crippen molar-refractivity contribution in [3.8, 4) is 5.75 Å². The Hall–Kier alpha value is -2.34. The number of aromatic nitrogens is 1. The summed E-state index contributed by atoms with van der Waals surface area (Å²) in [7, 11) is 0. The molecule has 6 heteroatoms. The van der Waals surface area contributed by atoms with Crippen LogP contribution >= 0.6 is 0 Å². The molecule has 2 N–H and O–H groups in total. The number of aryl methyl sites for hydroxylation is 2. The Morgan fingerprint density at radius 3 is 2.80 bits per heavy atom. The highest BCUT2D eigenvalue weighted by molar-refractivity contribution is 6.03. The largest absolute Gasteiger partial charge is 0.506 e. The monoisotopic (exact) mass is 343 g/mol. The van der Waals surface area contributed by atoms with Gasteiger partial charge in [0.15, 0.2) is 0 Å². The first-order chi connectivity index (χ1) is 12.1. The van der Waals surface area contributed by atoms with Gasteiger partial charge in [0.25, 0.3) is 11.5 Å². The summed E-state index contributed by atoms with van der Waals surface area (Å²) in [6, 6.07) is 5.56. The number of hydrogen-bond donors (Lipinski definition) is 2. The summed E-state index contributed by atoms with van der Waals surface area (Å²) in [6.07, 6.45) is 1.56. The topological polar surface area (TPSA) is 74.6 Å². The summed E-state index contributed by atoms with van der Waals surface area (Å²) in [5.41, 5.74) is 1.24. The van der Waals surface area contributed by atoms with Crippen LogP contribution in [0.2, 0.25) is 0 Å². The van der Waals surface area contributed by atoms with E-state index in [2.05, 4.69) is 24.1 Å². The molecule has 1 aromatic heterocycles. The first-order valence-electron chi connectivity index (χ1n) is 8.96. The number of nitrogens with zero attached hydrogens (tertiary/aromatic N) is 2. The lowest BCUT2D eigenvalue weighted by atomic mass is 10.1. The Morgan fingerprint density at radius 2 is 2.08 bits per heavy atom. The fraction of sp³-hybridized carbons (Fsp3) is 0.474. The number of nitrogens with one attached hydrogen (secondary N) is 1. The van der Waals surface area contributed by atoms with Crippen molar-refractivity contribution in [1.29, 1.82) is 0 Å². The summed E-state index contributed by atoms with van der Waals surface area (Å²) in [4.78, 5) is 27.5. The van der Waals surface area contributed by atoms with Gasteiger partial charge in [0, 0.05) is 18.5 Å². The predicted molar refractivity (Wildman–Crippen MR) is 98.3 cm³/mol. The van der Waals surface area contributed by atoms with Crippen LogP contribution < -0.4 is 10.9 Å². The zero-order chi connectivity index (χ0) is 18.0. The second kappa shape index (κ2) is 7.27. The summed E-state index contributed by atoms with van der Waals surface area (Å²) >= 11 is 0. The molecule has 1 aromatic carbocycles.